The number of aliphatic imine (C=N–C) groups is 1. The van der Waals surface area contributed by atoms with Gasteiger partial charge in [0.25, 0.3) is 5.91 Å². The highest BCUT2D eigenvalue weighted by Gasteiger charge is 2.24. The van der Waals surface area contributed by atoms with Crippen molar-refractivity contribution in [2.24, 2.45) is 16.5 Å². The highest BCUT2D eigenvalue weighted by Crippen LogP contribution is 2.23. The molecule has 0 aliphatic heterocycles. The minimum Gasteiger partial charge on any atom is -0.480 e. The second-order valence-electron chi connectivity index (χ2n) is 7.06. The molecule has 0 fully saturated rings. The van der Waals surface area contributed by atoms with Gasteiger partial charge in [0.2, 0.25) is 5.91 Å². The Kier molecular flexibility index (Phi) is 9.89. The molecule has 1 unspecified atom stereocenters. The SMILES string of the molecule is NC(N)=NCCCC(NC(=O)CN(Cc1ccc(Cl)c(Cl)c1)C(=O)c1cccnc1)C(=O)O. The zero-order valence-corrected chi connectivity index (χ0v) is 19.1. The molecule has 2 amide bonds. The number of carbonyl (C=O) groups is 3. The number of nitrogens with one attached hydrogen (secondary N) is 1. The average Bonchev–Trinajstić information content (AvgIpc) is 2.77. The molecule has 6 N–H and O–H groups in total. The van der Waals surface area contributed by atoms with Crippen LogP contribution in [0.3, 0.4) is 0 Å². The molecule has 12 heteroatoms. The van der Waals surface area contributed by atoms with E-state index in [2.05, 4.69) is 15.3 Å². The van der Waals surface area contributed by atoms with Gasteiger partial charge in [0.15, 0.2) is 5.96 Å². The van der Waals surface area contributed by atoms with Crippen LogP contribution in [-0.4, -0.2) is 57.9 Å². The van der Waals surface area contributed by atoms with Crippen LogP contribution in [0.4, 0.5) is 0 Å². The van der Waals surface area contributed by atoms with Crippen LogP contribution in [0.15, 0.2) is 47.7 Å². The first-order valence-corrected chi connectivity index (χ1v) is 10.6. The number of hydrogen-bond donors (Lipinski definition) is 4. The molecule has 0 bridgehead atoms. The van der Waals surface area contributed by atoms with Crippen LogP contribution in [0.25, 0.3) is 0 Å². The largest absolute Gasteiger partial charge is 0.480 e. The molecule has 0 aliphatic carbocycles. The number of carboxylic acids is 1. The molecule has 1 heterocycles. The third-order valence-electron chi connectivity index (χ3n) is 4.47. The van der Waals surface area contributed by atoms with E-state index in [9.17, 15) is 19.5 Å². The lowest BCUT2D eigenvalue weighted by Crippen LogP contribution is -2.46. The second-order valence-corrected chi connectivity index (χ2v) is 7.87. The summed E-state index contributed by atoms with van der Waals surface area (Å²) in [4.78, 5) is 46.2. The fourth-order valence-electron chi connectivity index (χ4n) is 2.90. The number of nitrogens with zero attached hydrogens (tertiary/aromatic N) is 3. The van der Waals surface area contributed by atoms with Crippen molar-refractivity contribution in [3.63, 3.8) is 0 Å². The number of carbonyl (C=O) groups excluding carboxylic acids is 2. The summed E-state index contributed by atoms with van der Waals surface area (Å²) in [6, 6.07) is 6.87. The zero-order chi connectivity index (χ0) is 24.4. The van der Waals surface area contributed by atoms with Gasteiger partial charge >= 0.3 is 5.97 Å². The summed E-state index contributed by atoms with van der Waals surface area (Å²) in [5.41, 5.74) is 11.4. The number of aromatic nitrogens is 1. The predicted molar refractivity (Wildman–Crippen MR) is 125 cm³/mol. The van der Waals surface area contributed by atoms with Gasteiger partial charge in [-0.2, -0.15) is 0 Å². The Labute approximate surface area is 200 Å². The Balaban J connectivity index is 2.13. The van der Waals surface area contributed by atoms with Crippen molar-refractivity contribution >= 4 is 46.9 Å². The molecule has 176 valence electrons. The lowest BCUT2D eigenvalue weighted by atomic mass is 10.1. The molecule has 10 nitrogen and oxygen atoms in total. The lowest BCUT2D eigenvalue weighted by molar-refractivity contribution is -0.142. The summed E-state index contributed by atoms with van der Waals surface area (Å²) in [5.74, 6) is -2.40. The Morgan fingerprint density at radius 1 is 1.18 bits per heavy atom. The maximum atomic E-state index is 13.0. The standard InChI is InChI=1S/C21H24Cl2N6O4/c22-15-6-5-13(9-16(15)23)11-29(19(31)14-3-1-7-26-10-14)12-18(30)28-17(20(32)33)4-2-8-27-21(24)25/h1,3,5-7,9-10,17H,2,4,8,11-12H2,(H,28,30)(H,32,33)(H4,24,25,27). The van der Waals surface area contributed by atoms with Crippen LogP contribution < -0.4 is 16.8 Å². The fraction of sp³-hybridized carbons (Fsp3) is 0.286. The summed E-state index contributed by atoms with van der Waals surface area (Å²) >= 11 is 12.0. The topological polar surface area (TPSA) is 164 Å². The number of aliphatic carboxylic acids is 1. The molecule has 2 aromatic rings. The second kappa shape index (κ2) is 12.6. The van der Waals surface area contributed by atoms with Crippen LogP contribution in [0, 0.1) is 0 Å². The lowest BCUT2D eigenvalue weighted by Gasteiger charge is -2.24. The van der Waals surface area contributed by atoms with Gasteiger partial charge in [-0.05, 0) is 42.7 Å². The molecule has 2 rings (SSSR count). The highest BCUT2D eigenvalue weighted by molar-refractivity contribution is 6.42. The van der Waals surface area contributed by atoms with E-state index in [4.69, 9.17) is 34.7 Å². The summed E-state index contributed by atoms with van der Waals surface area (Å²) < 4.78 is 0. The average molecular weight is 495 g/mol. The molecule has 0 radical (unpaired) electrons. The van der Waals surface area contributed by atoms with Gasteiger partial charge in [0.05, 0.1) is 15.6 Å². The van der Waals surface area contributed by atoms with Gasteiger partial charge in [-0.1, -0.05) is 29.3 Å². The predicted octanol–water partition coefficient (Wildman–Crippen LogP) is 1.65. The van der Waals surface area contributed by atoms with Gasteiger partial charge in [-0.3, -0.25) is 19.6 Å². The maximum Gasteiger partial charge on any atom is 0.326 e. The molecule has 0 saturated carbocycles. The minimum absolute atomic E-state index is 0.0419. The van der Waals surface area contributed by atoms with E-state index in [1.54, 1.807) is 30.3 Å². The van der Waals surface area contributed by atoms with Gasteiger partial charge in [0.1, 0.15) is 12.6 Å². The van der Waals surface area contributed by atoms with Crippen molar-refractivity contribution in [1.29, 1.82) is 0 Å². The van der Waals surface area contributed by atoms with Gasteiger partial charge in [0, 0.05) is 25.5 Å². The van der Waals surface area contributed by atoms with Crippen LogP contribution in [0.5, 0.6) is 0 Å². The Bertz CT molecular complexity index is 1020. The number of halogens is 2. The summed E-state index contributed by atoms with van der Waals surface area (Å²) in [7, 11) is 0. The molecule has 0 saturated heterocycles. The van der Waals surface area contributed by atoms with E-state index >= 15 is 0 Å². The molecular weight excluding hydrogens is 471 g/mol. The van der Waals surface area contributed by atoms with Crippen LogP contribution >= 0.6 is 23.2 Å². The molecule has 1 aromatic carbocycles. The number of pyridine rings is 1. The minimum atomic E-state index is -1.21. The molecule has 33 heavy (non-hydrogen) atoms. The van der Waals surface area contributed by atoms with Crippen molar-refractivity contribution in [2.75, 3.05) is 13.1 Å². The van der Waals surface area contributed by atoms with Crippen molar-refractivity contribution < 1.29 is 19.5 Å². The Morgan fingerprint density at radius 3 is 2.55 bits per heavy atom. The van der Waals surface area contributed by atoms with Gasteiger partial charge in [-0.25, -0.2) is 4.79 Å². The quantitative estimate of drug-likeness (QED) is 0.209. The van der Waals surface area contributed by atoms with Crippen molar-refractivity contribution in [2.45, 2.75) is 25.4 Å². The Morgan fingerprint density at radius 2 is 1.94 bits per heavy atom. The molecule has 0 spiro atoms. The van der Waals surface area contributed by atoms with Crippen molar-refractivity contribution in [1.82, 2.24) is 15.2 Å². The first-order valence-electron chi connectivity index (χ1n) is 9.88. The summed E-state index contributed by atoms with van der Waals surface area (Å²) in [5, 5.41) is 12.5. The van der Waals surface area contributed by atoms with Crippen LogP contribution in [0.2, 0.25) is 10.0 Å². The van der Waals surface area contributed by atoms with E-state index < -0.39 is 23.8 Å². The number of hydrogen-bond acceptors (Lipinski definition) is 5. The molecule has 1 atom stereocenters. The van der Waals surface area contributed by atoms with Crippen molar-refractivity contribution in [3.8, 4) is 0 Å². The third-order valence-corrected chi connectivity index (χ3v) is 5.21. The number of guanidine groups is 1. The smallest absolute Gasteiger partial charge is 0.326 e. The monoisotopic (exact) mass is 494 g/mol. The van der Waals surface area contributed by atoms with E-state index in [-0.39, 0.29) is 37.6 Å². The number of benzene rings is 1. The van der Waals surface area contributed by atoms with Gasteiger partial charge in [-0.15, -0.1) is 0 Å². The zero-order valence-electron chi connectivity index (χ0n) is 17.6. The number of rotatable bonds is 11. The summed E-state index contributed by atoms with van der Waals surface area (Å²) in [6.07, 6.45) is 3.36. The Hall–Kier alpha value is -3.37. The number of carboxylic acid groups (broad SMARTS) is 1. The normalized spacial score (nSPS) is 11.3. The van der Waals surface area contributed by atoms with E-state index in [1.807, 2.05) is 0 Å². The molecular formula is C21H24Cl2N6O4. The maximum absolute atomic E-state index is 13.0. The first kappa shape index (κ1) is 25.9. The number of amides is 2. The van der Waals surface area contributed by atoms with E-state index in [1.165, 1.54) is 17.3 Å². The number of nitrogens with two attached hydrogens (primary N) is 2. The highest BCUT2D eigenvalue weighted by atomic mass is 35.5. The summed E-state index contributed by atoms with van der Waals surface area (Å²) in [6.45, 7) is -0.114. The molecule has 1 aromatic heterocycles. The van der Waals surface area contributed by atoms with Crippen LogP contribution in [0.1, 0.15) is 28.8 Å². The van der Waals surface area contributed by atoms with Crippen molar-refractivity contribution in [3.05, 3.63) is 63.9 Å². The van der Waals surface area contributed by atoms with Gasteiger partial charge < -0.3 is 26.8 Å². The molecule has 0 aliphatic rings. The van der Waals surface area contributed by atoms with Crippen LogP contribution in [-0.2, 0) is 16.1 Å². The first-order chi connectivity index (χ1) is 15.7. The fourth-order valence-corrected chi connectivity index (χ4v) is 3.22. The van der Waals surface area contributed by atoms with E-state index in [0.717, 1.165) is 0 Å². The van der Waals surface area contributed by atoms with E-state index in [0.29, 0.717) is 22.0 Å². The third kappa shape index (κ3) is 8.59.